The molecule has 0 saturated carbocycles. The summed E-state index contributed by atoms with van der Waals surface area (Å²) >= 11 is 5.11. The van der Waals surface area contributed by atoms with Gasteiger partial charge in [-0.05, 0) is 11.6 Å². The zero-order chi connectivity index (χ0) is 6.69. The fraction of sp³-hybridized carbons (Fsp3) is 0. The number of carbonyl (C=O) groups excluding carboxylic acids is 1. The van der Waals surface area contributed by atoms with Gasteiger partial charge in [-0.25, -0.2) is 0 Å². The molecule has 1 aromatic rings. The smallest absolute Gasteiger partial charge is 0.229 e. The fourth-order valence-electron chi connectivity index (χ4n) is 0.436. The predicted octanol–water partition coefficient (Wildman–Crippen LogP) is 1.26. The third-order valence-corrected chi connectivity index (χ3v) is 1.06. The van der Waals surface area contributed by atoms with Crippen LogP contribution in [0.15, 0.2) is 18.3 Å². The van der Waals surface area contributed by atoms with Crippen LogP contribution in [0.5, 0.6) is 0 Å². The van der Waals surface area contributed by atoms with E-state index >= 15 is 0 Å². The minimum atomic E-state index is -0.489. The molecule has 1 rings (SSSR count). The normalized spacial score (nSPS) is 8.10. The van der Waals surface area contributed by atoms with E-state index < -0.39 is 5.24 Å². The van der Waals surface area contributed by atoms with E-state index in [0.29, 0.717) is 5.56 Å². The Balaban J connectivity index is 0.000000810. The molecule has 0 N–H and O–H groups in total. The number of aromatic nitrogens is 1. The van der Waals surface area contributed by atoms with Gasteiger partial charge in [0.1, 0.15) is 0 Å². The number of halogens is 1. The number of pyridine rings is 1. The number of hydrogen-bond acceptors (Lipinski definition) is 2. The molecule has 1 aromatic heterocycles. The van der Waals surface area contributed by atoms with Crippen LogP contribution in [0.2, 0.25) is 0 Å². The van der Waals surface area contributed by atoms with Crippen molar-refractivity contribution in [2.24, 2.45) is 0 Å². The Morgan fingerprint density at radius 3 is 2.70 bits per heavy atom. The van der Waals surface area contributed by atoms with Crippen LogP contribution in [-0.4, -0.2) is 10.2 Å². The topological polar surface area (TPSA) is 30.0 Å². The van der Waals surface area contributed by atoms with E-state index in [4.69, 9.17) is 11.6 Å². The first-order valence-electron chi connectivity index (χ1n) is 2.32. The van der Waals surface area contributed by atoms with E-state index in [1.54, 1.807) is 6.07 Å². The average molecular weight is 229 g/mol. The maximum atomic E-state index is 10.4. The molecule has 2 nitrogen and oxygen atoms in total. The first kappa shape index (κ1) is 10.2. The first-order valence-corrected chi connectivity index (χ1v) is 2.70. The van der Waals surface area contributed by atoms with Crippen molar-refractivity contribution < 1.29 is 37.5 Å². The quantitative estimate of drug-likeness (QED) is 0.536. The third-order valence-electron chi connectivity index (χ3n) is 0.843. The van der Waals surface area contributed by atoms with Gasteiger partial charge in [0, 0.05) is 32.7 Å². The number of hydrogen-bond donors (Lipinski definition) is 0. The molecular weight excluding hydrogens is 226 g/mol. The molecule has 49 valence electrons. The summed E-state index contributed by atoms with van der Waals surface area (Å²) < 4.78 is 0. The molecule has 1 radical (unpaired) electrons. The summed E-state index contributed by atoms with van der Waals surface area (Å²) in [5, 5.41) is -0.489. The van der Waals surface area contributed by atoms with Crippen molar-refractivity contribution >= 4 is 16.8 Å². The number of rotatable bonds is 1. The Labute approximate surface area is 88.9 Å². The predicted molar refractivity (Wildman–Crippen MR) is 33.3 cm³/mol. The van der Waals surface area contributed by atoms with E-state index in [1.165, 1.54) is 12.3 Å². The molecule has 0 atom stereocenters. The fourth-order valence-corrected chi connectivity index (χ4v) is 0.548. The maximum absolute atomic E-state index is 10.4. The van der Waals surface area contributed by atoms with Gasteiger partial charge in [0.25, 0.3) is 0 Å². The van der Waals surface area contributed by atoms with E-state index in [1.807, 2.05) is 0 Å². The van der Waals surface area contributed by atoms with E-state index in [2.05, 4.69) is 11.2 Å². The third kappa shape index (κ3) is 2.87. The summed E-state index contributed by atoms with van der Waals surface area (Å²) in [6.07, 6.45) is 3.90. The Bertz CT molecular complexity index is 214. The zero-order valence-corrected chi connectivity index (χ0v) is 8.64. The van der Waals surface area contributed by atoms with Crippen molar-refractivity contribution in [2.75, 3.05) is 0 Å². The molecule has 0 spiro atoms. The van der Waals surface area contributed by atoms with Crippen LogP contribution in [0.1, 0.15) is 10.4 Å². The van der Waals surface area contributed by atoms with Crippen molar-refractivity contribution in [1.29, 1.82) is 0 Å². The van der Waals surface area contributed by atoms with Gasteiger partial charge < -0.3 is 4.98 Å². The average Bonchev–Trinajstić information content (AvgIpc) is 1.90. The van der Waals surface area contributed by atoms with Crippen LogP contribution in [0, 0.1) is 6.20 Å². The Kier molecular flexibility index (Phi) is 5.05. The Hall–Kier alpha value is 0.214. The van der Waals surface area contributed by atoms with Crippen LogP contribution >= 0.6 is 11.6 Å². The number of nitrogens with zero attached hydrogens (tertiary/aromatic N) is 1. The minimum absolute atomic E-state index is 0. The maximum Gasteiger partial charge on any atom is 0.229 e. The summed E-state index contributed by atoms with van der Waals surface area (Å²) in [4.78, 5) is 13.9. The van der Waals surface area contributed by atoms with Crippen LogP contribution in [-0.2, 0) is 32.7 Å². The Morgan fingerprint density at radius 1 is 1.70 bits per heavy atom. The van der Waals surface area contributed by atoms with Crippen molar-refractivity contribution in [3.8, 4) is 0 Å². The van der Waals surface area contributed by atoms with Gasteiger partial charge in [-0.1, -0.05) is 18.0 Å². The van der Waals surface area contributed by atoms with Crippen LogP contribution < -0.4 is 0 Å². The van der Waals surface area contributed by atoms with E-state index in [0.717, 1.165) is 0 Å². The molecule has 0 bridgehead atoms. The molecule has 0 aliphatic heterocycles. The molecule has 0 fully saturated rings. The second-order valence-electron chi connectivity index (χ2n) is 1.45. The zero-order valence-electron chi connectivity index (χ0n) is 5.04. The molecular formula is C6H3ClNOY-. The van der Waals surface area contributed by atoms with Gasteiger partial charge in [0.15, 0.2) is 0 Å². The second kappa shape index (κ2) is 4.94. The molecule has 0 aromatic carbocycles. The van der Waals surface area contributed by atoms with Crippen LogP contribution in [0.25, 0.3) is 0 Å². The largest absolute Gasteiger partial charge is 0.394 e. The molecule has 0 aliphatic carbocycles. The minimum Gasteiger partial charge on any atom is -0.394 e. The van der Waals surface area contributed by atoms with Gasteiger partial charge in [-0.3, -0.25) is 4.79 Å². The van der Waals surface area contributed by atoms with Gasteiger partial charge in [-0.2, -0.15) is 12.1 Å². The van der Waals surface area contributed by atoms with E-state index in [-0.39, 0.29) is 32.7 Å². The summed E-state index contributed by atoms with van der Waals surface area (Å²) in [6, 6.07) is 3.10. The SMILES string of the molecule is O=C(Cl)c1cc[c-]nc1.[Y]. The summed E-state index contributed by atoms with van der Waals surface area (Å²) in [6.45, 7) is 0. The Morgan fingerprint density at radius 2 is 2.40 bits per heavy atom. The van der Waals surface area contributed by atoms with Crippen molar-refractivity contribution in [3.05, 3.63) is 30.1 Å². The molecule has 1 heterocycles. The van der Waals surface area contributed by atoms with Gasteiger partial charge in [-0.15, -0.1) is 0 Å². The molecule has 4 heteroatoms. The summed E-state index contributed by atoms with van der Waals surface area (Å²) in [7, 11) is 0. The second-order valence-corrected chi connectivity index (χ2v) is 1.79. The molecule has 0 aliphatic rings. The molecule has 0 saturated heterocycles. The van der Waals surface area contributed by atoms with Gasteiger partial charge in [0.05, 0.1) is 0 Å². The monoisotopic (exact) mass is 229 g/mol. The molecule has 0 amide bonds. The summed E-state index contributed by atoms with van der Waals surface area (Å²) in [5.74, 6) is 0. The van der Waals surface area contributed by atoms with E-state index in [9.17, 15) is 4.79 Å². The van der Waals surface area contributed by atoms with Gasteiger partial charge >= 0.3 is 0 Å². The first-order chi connectivity index (χ1) is 4.30. The van der Waals surface area contributed by atoms with Crippen LogP contribution in [0.4, 0.5) is 0 Å². The standard InChI is InChI=1S/C6H3ClNO.Y/c7-6(9)5-2-1-3-8-4-5;/h1-2,4H;/q-1;. The molecule has 10 heavy (non-hydrogen) atoms. The van der Waals surface area contributed by atoms with Gasteiger partial charge in [0.2, 0.25) is 5.24 Å². The molecule has 0 unspecified atom stereocenters. The van der Waals surface area contributed by atoms with Crippen LogP contribution in [0.3, 0.4) is 0 Å². The number of carbonyl (C=O) groups is 1. The van der Waals surface area contributed by atoms with Crippen molar-refractivity contribution in [2.45, 2.75) is 0 Å². The van der Waals surface area contributed by atoms with Crippen molar-refractivity contribution in [3.63, 3.8) is 0 Å². The summed E-state index contributed by atoms with van der Waals surface area (Å²) in [5.41, 5.74) is 0.399. The van der Waals surface area contributed by atoms with Crippen molar-refractivity contribution in [1.82, 2.24) is 4.98 Å².